The van der Waals surface area contributed by atoms with Gasteiger partial charge in [-0.05, 0) is 37.3 Å². The SMILES string of the molecule is CNC(=O)Cn1c(=O)c2c(ncn2[C@@H](C)C(=O)Nc2csc(-c3ccc(N4CC5CC5C4)nc3)n2)n(C)c1=O. The fourth-order valence-electron chi connectivity index (χ4n) is 5.05. The molecule has 13 nitrogen and oxygen atoms in total. The van der Waals surface area contributed by atoms with Gasteiger partial charge in [-0.2, -0.15) is 0 Å². The highest BCUT2D eigenvalue weighted by molar-refractivity contribution is 7.13. The average Bonchev–Trinajstić information content (AvgIpc) is 3.32. The molecule has 1 aliphatic carbocycles. The van der Waals surface area contributed by atoms with Gasteiger partial charge in [0.05, 0.1) is 6.33 Å². The third kappa shape index (κ3) is 4.39. The molecule has 3 atom stereocenters. The standard InChI is InChI=1S/C25H27N9O4S/c1-13(34-12-28-21-20(34)24(37)33(10-19(35)26-2)25(38)31(21)3)22(36)29-17-11-39-23(30-17)14-4-5-18(27-7-14)32-8-15-6-16(15)9-32/h4-5,7,11-13,15-16H,6,8-10H2,1-3H3,(H,26,35)(H,29,36)/t13-,15?,16?/m0/s1. The first-order valence-corrected chi connectivity index (χ1v) is 13.5. The smallest absolute Gasteiger partial charge is 0.332 e. The van der Waals surface area contributed by atoms with Crippen LogP contribution < -0.4 is 26.8 Å². The number of aryl methyl sites for hydroxylation is 1. The van der Waals surface area contributed by atoms with Gasteiger partial charge >= 0.3 is 5.69 Å². The first-order valence-electron chi connectivity index (χ1n) is 12.6. The van der Waals surface area contributed by atoms with Crippen LogP contribution in [-0.4, -0.2) is 60.6 Å². The largest absolute Gasteiger partial charge is 0.358 e. The minimum Gasteiger partial charge on any atom is -0.358 e. The van der Waals surface area contributed by atoms with Crippen molar-refractivity contribution in [1.29, 1.82) is 0 Å². The number of amides is 2. The summed E-state index contributed by atoms with van der Waals surface area (Å²) in [6, 6.07) is 3.15. The van der Waals surface area contributed by atoms with Crippen molar-refractivity contribution in [3.05, 3.63) is 50.9 Å². The number of carbonyl (C=O) groups is 2. The van der Waals surface area contributed by atoms with Crippen LogP contribution in [0.15, 0.2) is 39.6 Å². The zero-order valence-electron chi connectivity index (χ0n) is 21.6. The molecule has 2 fully saturated rings. The van der Waals surface area contributed by atoms with Crippen LogP contribution >= 0.6 is 11.3 Å². The summed E-state index contributed by atoms with van der Waals surface area (Å²) >= 11 is 1.39. The van der Waals surface area contributed by atoms with E-state index in [0.29, 0.717) is 5.82 Å². The summed E-state index contributed by atoms with van der Waals surface area (Å²) in [5, 5.41) is 7.66. The molecule has 2 N–H and O–H groups in total. The molecule has 0 aromatic carbocycles. The number of hydrogen-bond donors (Lipinski definition) is 2. The average molecular weight is 550 g/mol. The van der Waals surface area contributed by atoms with Crippen LogP contribution in [0, 0.1) is 11.8 Å². The molecule has 2 amide bonds. The van der Waals surface area contributed by atoms with E-state index in [4.69, 9.17) is 0 Å². The normalized spacial score (nSPS) is 18.7. The first kappa shape index (κ1) is 25.0. The lowest BCUT2D eigenvalue weighted by atomic mass is 10.3. The van der Waals surface area contributed by atoms with Crippen molar-refractivity contribution in [2.24, 2.45) is 18.9 Å². The van der Waals surface area contributed by atoms with E-state index in [1.54, 1.807) is 18.5 Å². The number of thiazole rings is 1. The number of likely N-dealkylation sites (N-methyl/N-ethyl adjacent to an activating group) is 1. The molecular formula is C25H27N9O4S. The maximum absolute atomic E-state index is 13.2. The van der Waals surface area contributed by atoms with Crippen molar-refractivity contribution in [2.45, 2.75) is 25.9 Å². The lowest BCUT2D eigenvalue weighted by Gasteiger charge is -2.18. The van der Waals surface area contributed by atoms with Crippen LogP contribution in [0.25, 0.3) is 21.7 Å². The minimum absolute atomic E-state index is 0.0455. The highest BCUT2D eigenvalue weighted by atomic mass is 32.1. The number of aromatic nitrogens is 6. The van der Waals surface area contributed by atoms with E-state index >= 15 is 0 Å². The zero-order chi connectivity index (χ0) is 27.4. The Balaban J connectivity index is 1.20. The fraction of sp³-hybridized carbons (Fsp3) is 0.400. The number of hydrogen-bond acceptors (Lipinski definition) is 9. The molecule has 1 saturated carbocycles. The van der Waals surface area contributed by atoms with E-state index < -0.39 is 35.6 Å². The van der Waals surface area contributed by atoms with E-state index in [1.165, 1.54) is 47.3 Å². The lowest BCUT2D eigenvalue weighted by Crippen LogP contribution is -2.43. The van der Waals surface area contributed by atoms with Gasteiger partial charge in [0.15, 0.2) is 11.2 Å². The Bertz CT molecular complexity index is 1710. The van der Waals surface area contributed by atoms with Crippen LogP contribution in [0.2, 0.25) is 0 Å². The summed E-state index contributed by atoms with van der Waals surface area (Å²) in [7, 11) is 2.87. The Morgan fingerprint density at radius 2 is 1.95 bits per heavy atom. The van der Waals surface area contributed by atoms with Crippen molar-refractivity contribution in [3.63, 3.8) is 0 Å². The zero-order valence-corrected chi connectivity index (χ0v) is 22.4. The molecule has 2 unspecified atom stereocenters. The molecule has 1 aliphatic heterocycles. The van der Waals surface area contributed by atoms with Crippen LogP contribution in [0.5, 0.6) is 0 Å². The van der Waals surface area contributed by atoms with Crippen molar-refractivity contribution < 1.29 is 9.59 Å². The number of pyridine rings is 1. The summed E-state index contributed by atoms with van der Waals surface area (Å²) < 4.78 is 3.40. The van der Waals surface area contributed by atoms with Gasteiger partial charge in [0.2, 0.25) is 11.8 Å². The van der Waals surface area contributed by atoms with E-state index in [9.17, 15) is 19.2 Å². The second kappa shape index (κ2) is 9.45. The van der Waals surface area contributed by atoms with Crippen molar-refractivity contribution >= 4 is 46.0 Å². The van der Waals surface area contributed by atoms with Crippen molar-refractivity contribution in [1.82, 2.24) is 34.0 Å². The number of nitrogens with zero attached hydrogens (tertiary/aromatic N) is 7. The predicted octanol–water partition coefficient (Wildman–Crippen LogP) is 0.817. The molecule has 5 heterocycles. The maximum Gasteiger partial charge on any atom is 0.332 e. The molecule has 39 heavy (non-hydrogen) atoms. The Labute approximate surface area is 226 Å². The topological polar surface area (TPSA) is 149 Å². The Kier molecular flexibility index (Phi) is 6.05. The van der Waals surface area contributed by atoms with Crippen LogP contribution in [0.4, 0.5) is 11.6 Å². The van der Waals surface area contributed by atoms with Crippen LogP contribution in [0.1, 0.15) is 19.4 Å². The van der Waals surface area contributed by atoms with Crippen LogP contribution in [-0.2, 0) is 23.2 Å². The number of imidazole rings is 1. The Hall–Kier alpha value is -4.33. The number of fused-ring (bicyclic) bond motifs is 2. The Morgan fingerprint density at radius 1 is 1.18 bits per heavy atom. The summed E-state index contributed by atoms with van der Waals surface area (Å²) in [4.78, 5) is 66.5. The minimum atomic E-state index is -0.855. The summed E-state index contributed by atoms with van der Waals surface area (Å²) in [6.07, 6.45) is 4.48. The summed E-state index contributed by atoms with van der Waals surface area (Å²) in [5.74, 6) is 2.10. The second-order valence-corrected chi connectivity index (χ2v) is 10.9. The number of carbonyl (C=O) groups excluding carboxylic acids is 2. The van der Waals surface area contributed by atoms with Gasteiger partial charge in [0.1, 0.15) is 29.2 Å². The van der Waals surface area contributed by atoms with Crippen molar-refractivity contribution in [2.75, 3.05) is 30.4 Å². The van der Waals surface area contributed by atoms with Gasteiger partial charge in [-0.15, -0.1) is 11.3 Å². The fourth-order valence-corrected chi connectivity index (χ4v) is 5.79. The van der Waals surface area contributed by atoms with E-state index in [-0.39, 0.29) is 11.2 Å². The molecule has 1 saturated heterocycles. The third-order valence-electron chi connectivity index (χ3n) is 7.49. The molecule has 0 radical (unpaired) electrons. The second-order valence-electron chi connectivity index (χ2n) is 10.00. The number of nitrogens with one attached hydrogen (secondary N) is 2. The Morgan fingerprint density at radius 3 is 2.64 bits per heavy atom. The summed E-state index contributed by atoms with van der Waals surface area (Å²) in [6.45, 7) is 3.32. The summed E-state index contributed by atoms with van der Waals surface area (Å²) in [5.41, 5.74) is -0.348. The van der Waals surface area contributed by atoms with Crippen molar-refractivity contribution in [3.8, 4) is 10.6 Å². The van der Waals surface area contributed by atoms with Gasteiger partial charge in [0, 0.05) is 44.3 Å². The predicted molar refractivity (Wildman–Crippen MR) is 146 cm³/mol. The molecule has 6 rings (SSSR count). The van der Waals surface area contributed by atoms with E-state index in [0.717, 1.165) is 45.9 Å². The highest BCUT2D eigenvalue weighted by Crippen LogP contribution is 2.46. The van der Waals surface area contributed by atoms with Crippen LogP contribution in [0.3, 0.4) is 0 Å². The first-order chi connectivity index (χ1) is 18.7. The highest BCUT2D eigenvalue weighted by Gasteiger charge is 2.45. The van der Waals surface area contributed by atoms with Gasteiger partial charge in [0.25, 0.3) is 5.56 Å². The molecule has 202 valence electrons. The molecule has 0 bridgehead atoms. The quantitative estimate of drug-likeness (QED) is 0.344. The van der Waals surface area contributed by atoms with Gasteiger partial charge in [-0.3, -0.25) is 19.0 Å². The number of piperidine rings is 1. The third-order valence-corrected chi connectivity index (χ3v) is 8.38. The molecule has 14 heteroatoms. The van der Waals surface area contributed by atoms with E-state index in [1.807, 2.05) is 12.1 Å². The number of anilines is 2. The molecule has 4 aromatic heterocycles. The number of rotatable bonds is 7. The molecule has 0 spiro atoms. The molecule has 4 aromatic rings. The molecule has 2 aliphatic rings. The van der Waals surface area contributed by atoms with Gasteiger partial charge in [-0.25, -0.2) is 24.3 Å². The van der Waals surface area contributed by atoms with Gasteiger partial charge < -0.3 is 20.1 Å². The lowest BCUT2D eigenvalue weighted by molar-refractivity contribution is -0.121. The monoisotopic (exact) mass is 549 g/mol. The van der Waals surface area contributed by atoms with E-state index in [2.05, 4.69) is 30.5 Å². The maximum atomic E-state index is 13.2. The van der Waals surface area contributed by atoms with Gasteiger partial charge in [-0.1, -0.05) is 0 Å². The molecular weight excluding hydrogens is 522 g/mol.